The second-order valence-corrected chi connectivity index (χ2v) is 7.67. The third-order valence-corrected chi connectivity index (χ3v) is 5.29. The van der Waals surface area contributed by atoms with E-state index in [1.165, 1.54) is 20.6 Å². The summed E-state index contributed by atoms with van der Waals surface area (Å²) in [5.74, 6) is 1.06. The van der Waals surface area contributed by atoms with Crippen LogP contribution in [0, 0.1) is 11.8 Å². The molecular formula is C21H32N2O4. The predicted octanol–water partition coefficient (Wildman–Crippen LogP) is 3.15. The number of ether oxygens (including phenoxy) is 2. The van der Waals surface area contributed by atoms with E-state index in [4.69, 9.17) is 9.47 Å². The minimum atomic E-state index is -0.594. The van der Waals surface area contributed by atoms with Gasteiger partial charge in [-0.1, -0.05) is 33.6 Å². The molecule has 0 aliphatic heterocycles. The molecule has 3 unspecified atom stereocenters. The van der Waals surface area contributed by atoms with Gasteiger partial charge in [0.25, 0.3) is 5.91 Å². The van der Waals surface area contributed by atoms with Crippen LogP contribution in [0.5, 0.6) is 11.5 Å². The molecule has 1 aromatic rings. The van der Waals surface area contributed by atoms with E-state index in [0.29, 0.717) is 23.0 Å². The maximum atomic E-state index is 12.8. The van der Waals surface area contributed by atoms with Crippen LogP contribution in [-0.4, -0.2) is 38.1 Å². The number of carbonyl (C=O) groups is 2. The fraction of sp³-hybridized carbons (Fsp3) is 0.619. The number of amides is 2. The summed E-state index contributed by atoms with van der Waals surface area (Å²) >= 11 is 0. The highest BCUT2D eigenvalue weighted by atomic mass is 16.5. The van der Waals surface area contributed by atoms with Crippen molar-refractivity contribution in [3.05, 3.63) is 23.8 Å². The first-order valence-electron chi connectivity index (χ1n) is 9.70. The smallest absolute Gasteiger partial charge is 0.252 e. The van der Waals surface area contributed by atoms with Gasteiger partial charge in [0.15, 0.2) is 0 Å². The Bertz CT molecular complexity index is 637. The lowest BCUT2D eigenvalue weighted by Gasteiger charge is -2.32. The lowest BCUT2D eigenvalue weighted by atomic mass is 9.85. The van der Waals surface area contributed by atoms with E-state index in [9.17, 15) is 9.59 Å². The Morgan fingerprint density at radius 2 is 1.63 bits per heavy atom. The fourth-order valence-corrected chi connectivity index (χ4v) is 3.50. The van der Waals surface area contributed by atoms with Crippen LogP contribution in [0.15, 0.2) is 18.2 Å². The first-order valence-corrected chi connectivity index (χ1v) is 9.70. The molecule has 0 heterocycles. The van der Waals surface area contributed by atoms with Gasteiger partial charge in [0.1, 0.15) is 17.5 Å². The minimum Gasteiger partial charge on any atom is -0.497 e. The molecule has 1 saturated carbocycles. The molecule has 3 atom stereocenters. The van der Waals surface area contributed by atoms with Crippen molar-refractivity contribution >= 4 is 11.8 Å². The lowest BCUT2D eigenvalue weighted by Crippen LogP contribution is -2.53. The molecule has 0 spiro atoms. The fourth-order valence-electron chi connectivity index (χ4n) is 3.50. The number of hydrogen-bond donors (Lipinski definition) is 2. The molecule has 0 saturated heterocycles. The van der Waals surface area contributed by atoms with Crippen molar-refractivity contribution < 1.29 is 19.1 Å². The first-order chi connectivity index (χ1) is 12.8. The number of nitrogens with one attached hydrogen (secondary N) is 2. The molecule has 2 amide bonds. The Kier molecular flexibility index (Phi) is 7.51. The van der Waals surface area contributed by atoms with Crippen molar-refractivity contribution in [2.24, 2.45) is 11.8 Å². The molecule has 0 radical (unpaired) electrons. The zero-order valence-corrected chi connectivity index (χ0v) is 17.0. The van der Waals surface area contributed by atoms with E-state index < -0.39 is 6.04 Å². The standard InChI is InChI=1S/C21H32N2O4/c1-13(2)19(21(25)22-18-9-7-6-8-14(18)3)23-20(24)15-10-16(26-4)12-17(11-15)27-5/h10-14,18-19H,6-9H2,1-5H3,(H,22,25)(H,23,24). The van der Waals surface area contributed by atoms with E-state index >= 15 is 0 Å². The van der Waals surface area contributed by atoms with Crippen molar-refractivity contribution in [3.63, 3.8) is 0 Å². The molecule has 27 heavy (non-hydrogen) atoms. The summed E-state index contributed by atoms with van der Waals surface area (Å²) < 4.78 is 10.4. The summed E-state index contributed by atoms with van der Waals surface area (Å²) in [5.41, 5.74) is 0.399. The molecule has 1 fully saturated rings. The maximum Gasteiger partial charge on any atom is 0.252 e. The van der Waals surface area contributed by atoms with Crippen LogP contribution in [-0.2, 0) is 4.79 Å². The SMILES string of the molecule is COc1cc(OC)cc(C(=O)NC(C(=O)NC2CCCCC2C)C(C)C)c1. The van der Waals surface area contributed by atoms with E-state index in [1.807, 2.05) is 13.8 Å². The van der Waals surface area contributed by atoms with E-state index in [0.717, 1.165) is 19.3 Å². The van der Waals surface area contributed by atoms with E-state index in [2.05, 4.69) is 17.6 Å². The summed E-state index contributed by atoms with van der Waals surface area (Å²) in [4.78, 5) is 25.6. The van der Waals surface area contributed by atoms with E-state index in [-0.39, 0.29) is 23.8 Å². The quantitative estimate of drug-likeness (QED) is 0.766. The molecule has 1 aromatic carbocycles. The van der Waals surface area contributed by atoms with Gasteiger partial charge in [0, 0.05) is 17.7 Å². The molecule has 1 aliphatic carbocycles. The normalized spacial score (nSPS) is 20.7. The summed E-state index contributed by atoms with van der Waals surface area (Å²) in [6, 6.07) is 4.56. The average molecular weight is 376 g/mol. The molecule has 6 heteroatoms. The minimum absolute atomic E-state index is 0.0275. The number of methoxy groups -OCH3 is 2. The van der Waals surface area contributed by atoms with Crippen LogP contribution < -0.4 is 20.1 Å². The Morgan fingerprint density at radius 1 is 1.04 bits per heavy atom. The van der Waals surface area contributed by atoms with Crippen LogP contribution in [0.2, 0.25) is 0 Å². The number of carbonyl (C=O) groups excluding carboxylic acids is 2. The topological polar surface area (TPSA) is 76.7 Å². The highest BCUT2D eigenvalue weighted by Gasteiger charge is 2.29. The Balaban J connectivity index is 2.10. The number of rotatable bonds is 7. The zero-order valence-electron chi connectivity index (χ0n) is 17.0. The van der Waals surface area contributed by atoms with Gasteiger partial charge < -0.3 is 20.1 Å². The molecular weight excluding hydrogens is 344 g/mol. The highest BCUT2D eigenvalue weighted by molar-refractivity contribution is 5.98. The van der Waals surface area contributed by atoms with Gasteiger partial charge in [-0.15, -0.1) is 0 Å². The zero-order chi connectivity index (χ0) is 20.0. The largest absolute Gasteiger partial charge is 0.497 e. The van der Waals surface area contributed by atoms with Gasteiger partial charge in [-0.25, -0.2) is 0 Å². The summed E-state index contributed by atoms with van der Waals surface area (Å²) in [6.07, 6.45) is 4.49. The summed E-state index contributed by atoms with van der Waals surface area (Å²) in [7, 11) is 3.07. The molecule has 0 bridgehead atoms. The van der Waals surface area contributed by atoms with Gasteiger partial charge in [-0.2, -0.15) is 0 Å². The van der Waals surface area contributed by atoms with Crippen LogP contribution in [0.3, 0.4) is 0 Å². The molecule has 0 aromatic heterocycles. The highest BCUT2D eigenvalue weighted by Crippen LogP contribution is 2.25. The van der Waals surface area contributed by atoms with Gasteiger partial charge >= 0.3 is 0 Å². The second-order valence-electron chi connectivity index (χ2n) is 7.67. The monoisotopic (exact) mass is 376 g/mol. The third kappa shape index (κ3) is 5.62. The van der Waals surface area contributed by atoms with Gasteiger partial charge in [0.05, 0.1) is 14.2 Å². The van der Waals surface area contributed by atoms with E-state index in [1.54, 1.807) is 18.2 Å². The molecule has 150 valence electrons. The summed E-state index contributed by atoms with van der Waals surface area (Å²) in [5, 5.41) is 6.03. The van der Waals surface area contributed by atoms with Crippen LogP contribution >= 0.6 is 0 Å². The Labute approximate surface area is 162 Å². The molecule has 6 nitrogen and oxygen atoms in total. The van der Waals surface area contributed by atoms with Crippen LogP contribution in [0.4, 0.5) is 0 Å². The summed E-state index contributed by atoms with van der Waals surface area (Å²) in [6.45, 7) is 6.04. The van der Waals surface area contributed by atoms with Gasteiger partial charge in [0.2, 0.25) is 5.91 Å². The van der Waals surface area contributed by atoms with Crippen molar-refractivity contribution in [2.75, 3.05) is 14.2 Å². The van der Waals surface area contributed by atoms with Crippen molar-refractivity contribution in [1.82, 2.24) is 10.6 Å². The second kappa shape index (κ2) is 9.62. The van der Waals surface area contributed by atoms with Gasteiger partial charge in [-0.05, 0) is 36.8 Å². The molecule has 2 N–H and O–H groups in total. The average Bonchev–Trinajstić information content (AvgIpc) is 2.66. The number of benzene rings is 1. The Hall–Kier alpha value is -2.24. The number of hydrogen-bond acceptors (Lipinski definition) is 4. The molecule has 1 aliphatic rings. The Morgan fingerprint density at radius 3 is 2.15 bits per heavy atom. The lowest BCUT2D eigenvalue weighted by molar-refractivity contribution is -0.125. The van der Waals surface area contributed by atoms with Crippen molar-refractivity contribution in [3.8, 4) is 11.5 Å². The first kappa shape index (κ1) is 21.1. The van der Waals surface area contributed by atoms with Gasteiger partial charge in [-0.3, -0.25) is 9.59 Å². The van der Waals surface area contributed by atoms with Crippen molar-refractivity contribution in [1.29, 1.82) is 0 Å². The molecule has 2 rings (SSSR count). The maximum absolute atomic E-state index is 12.8. The predicted molar refractivity (Wildman–Crippen MR) is 105 cm³/mol. The third-order valence-electron chi connectivity index (χ3n) is 5.29. The van der Waals surface area contributed by atoms with Crippen LogP contribution in [0.1, 0.15) is 56.8 Å². The van der Waals surface area contributed by atoms with Crippen LogP contribution in [0.25, 0.3) is 0 Å². The van der Waals surface area contributed by atoms with Crippen molar-refractivity contribution in [2.45, 2.75) is 58.5 Å².